The summed E-state index contributed by atoms with van der Waals surface area (Å²) in [7, 11) is 0. The van der Waals surface area contributed by atoms with Gasteiger partial charge in [-0.15, -0.1) is 11.8 Å². The molecule has 4 heteroatoms. The molecule has 0 amide bonds. The summed E-state index contributed by atoms with van der Waals surface area (Å²) in [6, 6.07) is 14.2. The number of hydrogen-bond donors (Lipinski definition) is 2. The molecule has 0 fully saturated rings. The summed E-state index contributed by atoms with van der Waals surface area (Å²) in [5, 5.41) is 10.2. The van der Waals surface area contributed by atoms with Crippen molar-refractivity contribution in [1.29, 1.82) is 0 Å². The Morgan fingerprint density at radius 3 is 2.55 bits per heavy atom. The third kappa shape index (κ3) is 2.62. The molecule has 0 saturated heterocycles. The molecule has 1 aromatic heterocycles. The van der Waals surface area contributed by atoms with Gasteiger partial charge in [0, 0.05) is 15.8 Å². The van der Waals surface area contributed by atoms with Gasteiger partial charge in [0.25, 0.3) is 0 Å². The maximum Gasteiger partial charge on any atom is 0.307 e. The van der Waals surface area contributed by atoms with E-state index in [1.54, 1.807) is 11.8 Å². The van der Waals surface area contributed by atoms with Crippen LogP contribution in [0, 0.1) is 6.92 Å². The Balaban J connectivity index is 2.22. The van der Waals surface area contributed by atoms with Crippen molar-refractivity contribution in [2.75, 3.05) is 6.26 Å². The lowest BCUT2D eigenvalue weighted by Gasteiger charge is -2.04. The van der Waals surface area contributed by atoms with Gasteiger partial charge in [0.1, 0.15) is 0 Å². The molecule has 1 heterocycles. The molecule has 2 aromatic carbocycles. The molecule has 3 rings (SSSR count). The topological polar surface area (TPSA) is 53.1 Å². The number of thioether (sulfide) groups is 1. The normalized spacial score (nSPS) is 11.0. The Bertz CT molecular complexity index is 834. The third-order valence-corrected chi connectivity index (χ3v) is 4.60. The zero-order valence-corrected chi connectivity index (χ0v) is 13.3. The standard InChI is InChI=1S/C18H17NO2S/c1-11-4-3-5-14-15(10-16(20)21)18(19-17(11)14)12-6-8-13(22-2)9-7-12/h3-9,19H,10H2,1-2H3,(H,20,21). The largest absolute Gasteiger partial charge is 0.481 e. The molecule has 0 aliphatic heterocycles. The molecule has 0 aliphatic carbocycles. The zero-order chi connectivity index (χ0) is 15.7. The quantitative estimate of drug-likeness (QED) is 0.698. The Morgan fingerprint density at radius 2 is 1.91 bits per heavy atom. The number of rotatable bonds is 4. The number of aliphatic carboxylic acids is 1. The lowest BCUT2D eigenvalue weighted by atomic mass is 10.0. The molecule has 0 bridgehead atoms. The Morgan fingerprint density at radius 1 is 1.18 bits per heavy atom. The summed E-state index contributed by atoms with van der Waals surface area (Å²) in [5.41, 5.74) is 4.91. The summed E-state index contributed by atoms with van der Waals surface area (Å²) >= 11 is 1.69. The van der Waals surface area contributed by atoms with Gasteiger partial charge in [-0.2, -0.15) is 0 Å². The van der Waals surface area contributed by atoms with E-state index in [1.807, 2.05) is 43.5 Å². The first-order chi connectivity index (χ1) is 10.6. The predicted molar refractivity (Wildman–Crippen MR) is 91.6 cm³/mol. The number of hydrogen-bond acceptors (Lipinski definition) is 2. The molecule has 2 N–H and O–H groups in total. The number of carbonyl (C=O) groups is 1. The minimum Gasteiger partial charge on any atom is -0.481 e. The van der Waals surface area contributed by atoms with Crippen molar-refractivity contribution in [3.05, 3.63) is 53.6 Å². The highest BCUT2D eigenvalue weighted by Crippen LogP contribution is 2.33. The van der Waals surface area contributed by atoms with Gasteiger partial charge in [-0.3, -0.25) is 4.79 Å². The number of nitrogens with one attached hydrogen (secondary N) is 1. The van der Waals surface area contributed by atoms with Crippen LogP contribution in [0.4, 0.5) is 0 Å². The third-order valence-electron chi connectivity index (χ3n) is 3.86. The minimum absolute atomic E-state index is 0.0169. The van der Waals surface area contributed by atoms with Crippen LogP contribution >= 0.6 is 11.8 Å². The predicted octanol–water partition coefficient (Wildman–Crippen LogP) is 4.49. The van der Waals surface area contributed by atoms with E-state index in [1.165, 1.54) is 4.90 Å². The molecule has 3 nitrogen and oxygen atoms in total. The molecule has 22 heavy (non-hydrogen) atoms. The van der Waals surface area contributed by atoms with Gasteiger partial charge in [-0.1, -0.05) is 30.3 Å². The SMILES string of the molecule is CSc1ccc(-c2[nH]c3c(C)cccc3c2CC(=O)O)cc1. The number of carboxylic acid groups (broad SMARTS) is 1. The van der Waals surface area contributed by atoms with Gasteiger partial charge < -0.3 is 10.1 Å². The van der Waals surface area contributed by atoms with E-state index in [0.717, 1.165) is 33.3 Å². The number of fused-ring (bicyclic) bond motifs is 1. The molecule has 0 saturated carbocycles. The summed E-state index contributed by atoms with van der Waals surface area (Å²) in [5.74, 6) is -0.815. The van der Waals surface area contributed by atoms with Crippen LogP contribution in [0.2, 0.25) is 0 Å². The summed E-state index contributed by atoms with van der Waals surface area (Å²) < 4.78 is 0. The van der Waals surface area contributed by atoms with Crippen LogP contribution < -0.4 is 0 Å². The van der Waals surface area contributed by atoms with Crippen molar-refractivity contribution in [3.8, 4) is 11.3 Å². The monoisotopic (exact) mass is 311 g/mol. The maximum absolute atomic E-state index is 11.3. The Kier molecular flexibility index (Phi) is 3.94. The van der Waals surface area contributed by atoms with Gasteiger partial charge >= 0.3 is 5.97 Å². The highest BCUT2D eigenvalue weighted by atomic mass is 32.2. The fraction of sp³-hybridized carbons (Fsp3) is 0.167. The average Bonchev–Trinajstić information content (AvgIpc) is 2.87. The van der Waals surface area contributed by atoms with Crippen molar-refractivity contribution in [2.24, 2.45) is 0 Å². The smallest absolute Gasteiger partial charge is 0.307 e. The van der Waals surface area contributed by atoms with Crippen molar-refractivity contribution in [3.63, 3.8) is 0 Å². The van der Waals surface area contributed by atoms with Crippen molar-refractivity contribution < 1.29 is 9.90 Å². The van der Waals surface area contributed by atoms with Gasteiger partial charge in [0.15, 0.2) is 0 Å². The lowest BCUT2D eigenvalue weighted by Crippen LogP contribution is -2.00. The number of benzene rings is 2. The van der Waals surface area contributed by atoms with Crippen LogP contribution in [0.3, 0.4) is 0 Å². The molecule has 112 valence electrons. The van der Waals surface area contributed by atoms with E-state index >= 15 is 0 Å². The fourth-order valence-electron chi connectivity index (χ4n) is 2.76. The number of H-pyrrole nitrogens is 1. The maximum atomic E-state index is 11.3. The molecule has 3 aromatic rings. The van der Waals surface area contributed by atoms with Gasteiger partial charge in [-0.05, 0) is 42.0 Å². The second kappa shape index (κ2) is 5.89. The molecule has 0 radical (unpaired) electrons. The number of aromatic nitrogens is 1. The van der Waals surface area contributed by atoms with Gasteiger partial charge in [0.05, 0.1) is 12.1 Å². The second-order valence-corrected chi connectivity index (χ2v) is 6.15. The first-order valence-corrected chi connectivity index (χ1v) is 8.29. The zero-order valence-electron chi connectivity index (χ0n) is 12.5. The van der Waals surface area contributed by atoms with E-state index in [0.29, 0.717) is 0 Å². The van der Waals surface area contributed by atoms with E-state index in [9.17, 15) is 9.90 Å². The van der Waals surface area contributed by atoms with E-state index in [4.69, 9.17) is 0 Å². The number of para-hydroxylation sites is 1. The number of aromatic amines is 1. The molecule has 0 atom stereocenters. The lowest BCUT2D eigenvalue weighted by molar-refractivity contribution is -0.136. The van der Waals surface area contributed by atoms with Crippen molar-refractivity contribution in [1.82, 2.24) is 4.98 Å². The minimum atomic E-state index is -0.815. The van der Waals surface area contributed by atoms with Gasteiger partial charge in [0.2, 0.25) is 0 Å². The van der Waals surface area contributed by atoms with E-state index < -0.39 is 5.97 Å². The van der Waals surface area contributed by atoms with Crippen LogP contribution in [0.5, 0.6) is 0 Å². The van der Waals surface area contributed by atoms with Crippen LogP contribution in [0.15, 0.2) is 47.4 Å². The van der Waals surface area contributed by atoms with Gasteiger partial charge in [-0.25, -0.2) is 0 Å². The number of aryl methyl sites for hydroxylation is 1. The van der Waals surface area contributed by atoms with E-state index in [-0.39, 0.29) is 6.42 Å². The highest BCUT2D eigenvalue weighted by Gasteiger charge is 2.16. The summed E-state index contributed by atoms with van der Waals surface area (Å²) in [4.78, 5) is 15.9. The first-order valence-electron chi connectivity index (χ1n) is 7.06. The number of carboxylic acids is 1. The summed E-state index contributed by atoms with van der Waals surface area (Å²) in [6.45, 7) is 2.03. The van der Waals surface area contributed by atoms with Crippen molar-refractivity contribution >= 4 is 28.6 Å². The Hall–Kier alpha value is -2.20. The average molecular weight is 311 g/mol. The molecule has 0 aliphatic rings. The first kappa shape index (κ1) is 14.7. The van der Waals surface area contributed by atoms with Crippen LogP contribution in [0.1, 0.15) is 11.1 Å². The van der Waals surface area contributed by atoms with Crippen LogP contribution in [-0.2, 0) is 11.2 Å². The second-order valence-electron chi connectivity index (χ2n) is 5.28. The summed E-state index contributed by atoms with van der Waals surface area (Å²) in [6.07, 6.45) is 2.06. The van der Waals surface area contributed by atoms with Crippen LogP contribution in [0.25, 0.3) is 22.2 Å². The van der Waals surface area contributed by atoms with E-state index in [2.05, 4.69) is 17.1 Å². The fourth-order valence-corrected chi connectivity index (χ4v) is 3.17. The Labute approximate surface area is 133 Å². The van der Waals surface area contributed by atoms with Crippen molar-refractivity contribution in [2.45, 2.75) is 18.2 Å². The molecule has 0 spiro atoms. The highest BCUT2D eigenvalue weighted by molar-refractivity contribution is 7.98. The van der Waals surface area contributed by atoms with Crippen LogP contribution in [-0.4, -0.2) is 22.3 Å². The molecular formula is C18H17NO2S. The molecular weight excluding hydrogens is 294 g/mol. The molecule has 0 unspecified atom stereocenters.